The number of nitrogens with one attached hydrogen (secondary N) is 1. The molecule has 88 valence electrons. The molecule has 1 aromatic rings. The lowest BCUT2D eigenvalue weighted by Gasteiger charge is -2.01. The minimum Gasteiger partial charge on any atom is -0.342 e. The molecule has 0 aliphatic heterocycles. The highest BCUT2D eigenvalue weighted by Gasteiger charge is 2.08. The van der Waals surface area contributed by atoms with Crippen molar-refractivity contribution in [3.63, 3.8) is 0 Å². The summed E-state index contributed by atoms with van der Waals surface area (Å²) in [7, 11) is 0. The normalized spacial score (nSPS) is 12.6. The fourth-order valence-electron chi connectivity index (χ4n) is 1.21. The largest absolute Gasteiger partial charge is 0.342 e. The van der Waals surface area contributed by atoms with Gasteiger partial charge in [-0.3, -0.25) is 0 Å². The molecule has 0 aromatic carbocycles. The van der Waals surface area contributed by atoms with Crippen molar-refractivity contribution in [2.24, 2.45) is 0 Å². The number of allylic oxidation sites excluding steroid dienone is 3. The van der Waals surface area contributed by atoms with Crippen LogP contribution >= 0.6 is 0 Å². The molecule has 0 aliphatic rings. The van der Waals surface area contributed by atoms with Crippen molar-refractivity contribution in [2.45, 2.75) is 33.1 Å². The topological polar surface area (TPSA) is 28.7 Å². The molecule has 0 fully saturated rings. The van der Waals surface area contributed by atoms with Crippen molar-refractivity contribution < 1.29 is 8.78 Å². The van der Waals surface area contributed by atoms with E-state index >= 15 is 0 Å². The summed E-state index contributed by atoms with van der Waals surface area (Å²) in [6, 6.07) is 0. The second-order valence-corrected chi connectivity index (χ2v) is 4.05. The van der Waals surface area contributed by atoms with Crippen LogP contribution in [0.4, 0.5) is 8.78 Å². The molecule has 0 unspecified atom stereocenters. The van der Waals surface area contributed by atoms with E-state index in [4.69, 9.17) is 0 Å². The third-order valence-corrected chi connectivity index (χ3v) is 2.23. The summed E-state index contributed by atoms with van der Waals surface area (Å²) >= 11 is 0. The molecule has 0 saturated heterocycles. The first-order chi connectivity index (χ1) is 7.41. The van der Waals surface area contributed by atoms with E-state index < -0.39 is 6.43 Å². The second-order valence-electron chi connectivity index (χ2n) is 4.05. The van der Waals surface area contributed by atoms with Crippen molar-refractivity contribution in [3.05, 3.63) is 35.9 Å². The number of imidazole rings is 1. The van der Waals surface area contributed by atoms with Gasteiger partial charge >= 0.3 is 0 Å². The highest BCUT2D eigenvalue weighted by molar-refractivity contribution is 5.70. The van der Waals surface area contributed by atoms with Crippen LogP contribution in [0.3, 0.4) is 0 Å². The van der Waals surface area contributed by atoms with Gasteiger partial charge in [-0.15, -0.1) is 0 Å². The molecule has 0 atom stereocenters. The van der Waals surface area contributed by atoms with Gasteiger partial charge in [0.25, 0.3) is 6.43 Å². The molecule has 0 bridgehead atoms. The number of H-pyrrole nitrogens is 1. The van der Waals surface area contributed by atoms with Crippen LogP contribution in [0.25, 0.3) is 5.57 Å². The standard InChI is InChI=1S/C12H16F2N2/c1-7(2)12-15-6-10(16-12)8(3)5-9(4)11(13)14/h5-7,11H,3H2,1-2,4H3,(H,15,16)/b9-5+. The van der Waals surface area contributed by atoms with E-state index in [1.807, 2.05) is 13.8 Å². The first-order valence-corrected chi connectivity index (χ1v) is 5.12. The Morgan fingerprint density at radius 2 is 2.12 bits per heavy atom. The summed E-state index contributed by atoms with van der Waals surface area (Å²) in [5.74, 6) is 1.11. The number of aromatic amines is 1. The van der Waals surface area contributed by atoms with E-state index in [9.17, 15) is 8.78 Å². The Kier molecular flexibility index (Phi) is 3.99. The number of hydrogen-bond donors (Lipinski definition) is 1. The van der Waals surface area contributed by atoms with Gasteiger partial charge in [0.1, 0.15) is 5.82 Å². The number of hydrogen-bond acceptors (Lipinski definition) is 1. The molecule has 16 heavy (non-hydrogen) atoms. The third-order valence-electron chi connectivity index (χ3n) is 2.23. The van der Waals surface area contributed by atoms with Crippen LogP contribution in [0.2, 0.25) is 0 Å². The van der Waals surface area contributed by atoms with Crippen molar-refractivity contribution in [1.29, 1.82) is 0 Å². The summed E-state index contributed by atoms with van der Waals surface area (Å²) in [6.07, 6.45) is 0.555. The SMILES string of the molecule is C=C(/C=C(\C)C(F)F)c1cnc(C(C)C)[nH]1. The molecule has 0 saturated carbocycles. The third kappa shape index (κ3) is 3.02. The van der Waals surface area contributed by atoms with Gasteiger partial charge in [-0.05, 0) is 24.1 Å². The first kappa shape index (κ1) is 12.6. The number of nitrogens with zero attached hydrogens (tertiary/aromatic N) is 1. The predicted octanol–water partition coefficient (Wildman–Crippen LogP) is 3.76. The summed E-state index contributed by atoms with van der Waals surface area (Å²) in [4.78, 5) is 7.21. The lowest BCUT2D eigenvalue weighted by Crippen LogP contribution is -1.93. The molecule has 0 aliphatic carbocycles. The Morgan fingerprint density at radius 3 is 2.56 bits per heavy atom. The van der Waals surface area contributed by atoms with Crippen LogP contribution < -0.4 is 0 Å². The number of aromatic nitrogens is 2. The summed E-state index contributed by atoms with van der Waals surface area (Å²) < 4.78 is 24.6. The number of rotatable bonds is 4. The minimum absolute atomic E-state index is 0.00527. The zero-order valence-corrected chi connectivity index (χ0v) is 9.72. The molecule has 4 heteroatoms. The van der Waals surface area contributed by atoms with E-state index in [1.54, 1.807) is 6.20 Å². The average Bonchev–Trinajstić information content (AvgIpc) is 2.65. The van der Waals surface area contributed by atoms with Crippen molar-refractivity contribution >= 4 is 5.57 Å². The van der Waals surface area contributed by atoms with Crippen LogP contribution in [0.1, 0.15) is 38.2 Å². The Balaban J connectivity index is 2.85. The molecule has 1 rings (SSSR count). The molecular weight excluding hydrogens is 210 g/mol. The number of halogens is 2. The van der Waals surface area contributed by atoms with Gasteiger partial charge in [0, 0.05) is 5.92 Å². The maximum atomic E-state index is 12.3. The zero-order chi connectivity index (χ0) is 12.3. The fraction of sp³-hybridized carbons (Fsp3) is 0.417. The van der Waals surface area contributed by atoms with E-state index in [-0.39, 0.29) is 11.5 Å². The summed E-state index contributed by atoms with van der Waals surface area (Å²) in [6.45, 7) is 9.13. The molecule has 1 heterocycles. The molecule has 0 radical (unpaired) electrons. The van der Waals surface area contributed by atoms with Crippen LogP contribution in [0, 0.1) is 0 Å². The molecule has 1 aromatic heterocycles. The lowest BCUT2D eigenvalue weighted by atomic mass is 10.1. The first-order valence-electron chi connectivity index (χ1n) is 5.12. The quantitative estimate of drug-likeness (QED) is 0.778. The zero-order valence-electron chi connectivity index (χ0n) is 9.72. The second kappa shape index (κ2) is 5.05. The Labute approximate surface area is 94.1 Å². The number of alkyl halides is 2. The summed E-state index contributed by atoms with van der Waals surface area (Å²) in [5, 5.41) is 0. The Bertz CT molecular complexity index is 403. The maximum Gasteiger partial charge on any atom is 0.259 e. The van der Waals surface area contributed by atoms with Crippen LogP contribution in [-0.2, 0) is 0 Å². The van der Waals surface area contributed by atoms with Gasteiger partial charge in [-0.2, -0.15) is 0 Å². The van der Waals surface area contributed by atoms with Crippen LogP contribution in [0.15, 0.2) is 24.4 Å². The van der Waals surface area contributed by atoms with Gasteiger partial charge in [0.15, 0.2) is 0 Å². The van der Waals surface area contributed by atoms with Crippen LogP contribution in [0.5, 0.6) is 0 Å². The van der Waals surface area contributed by atoms with Crippen LogP contribution in [-0.4, -0.2) is 16.4 Å². The Hall–Kier alpha value is -1.45. The van der Waals surface area contributed by atoms with E-state index in [0.29, 0.717) is 11.3 Å². The summed E-state index contributed by atoms with van der Waals surface area (Å²) in [5.41, 5.74) is 1.21. The highest BCUT2D eigenvalue weighted by Crippen LogP contribution is 2.19. The van der Waals surface area contributed by atoms with E-state index in [0.717, 1.165) is 5.82 Å². The molecule has 2 nitrogen and oxygen atoms in total. The molecular formula is C12H16F2N2. The molecule has 1 N–H and O–H groups in total. The average molecular weight is 226 g/mol. The van der Waals surface area contributed by atoms with E-state index in [2.05, 4.69) is 16.5 Å². The van der Waals surface area contributed by atoms with Gasteiger partial charge < -0.3 is 4.98 Å². The van der Waals surface area contributed by atoms with Gasteiger partial charge in [0.2, 0.25) is 0 Å². The maximum absolute atomic E-state index is 12.3. The lowest BCUT2D eigenvalue weighted by molar-refractivity contribution is 0.190. The Morgan fingerprint density at radius 1 is 1.50 bits per heavy atom. The van der Waals surface area contributed by atoms with Crippen molar-refractivity contribution in [2.75, 3.05) is 0 Å². The van der Waals surface area contributed by atoms with Gasteiger partial charge in [0.05, 0.1) is 11.9 Å². The van der Waals surface area contributed by atoms with E-state index in [1.165, 1.54) is 13.0 Å². The minimum atomic E-state index is -2.44. The fourth-order valence-corrected chi connectivity index (χ4v) is 1.21. The monoisotopic (exact) mass is 226 g/mol. The predicted molar refractivity (Wildman–Crippen MR) is 61.5 cm³/mol. The molecule has 0 amide bonds. The van der Waals surface area contributed by atoms with Crippen molar-refractivity contribution in [3.8, 4) is 0 Å². The van der Waals surface area contributed by atoms with Crippen molar-refractivity contribution in [1.82, 2.24) is 9.97 Å². The van der Waals surface area contributed by atoms with Gasteiger partial charge in [-0.1, -0.05) is 20.4 Å². The molecule has 0 spiro atoms. The highest BCUT2D eigenvalue weighted by atomic mass is 19.3. The van der Waals surface area contributed by atoms with Gasteiger partial charge in [-0.25, -0.2) is 13.8 Å². The smallest absolute Gasteiger partial charge is 0.259 e.